The molecular weight excluding hydrogens is 69.0 g/mol. The van der Waals surface area contributed by atoms with Crippen LogP contribution in [0.1, 0.15) is 0 Å². The zero-order valence-electron chi connectivity index (χ0n) is 4.24. The topological polar surface area (TPSA) is 12.0 Å². The highest BCUT2D eigenvalue weighted by Crippen LogP contribution is 1.55. The van der Waals surface area contributed by atoms with Gasteiger partial charge < -0.3 is 5.31 Å². The van der Waals surface area contributed by atoms with E-state index in [0.29, 0.717) is 0 Å². The Labute approximate surface area is 32.6 Å². The Balaban J connectivity index is 2.63. The third-order valence-corrected chi connectivity index (χ3v) is 0.308. The number of hydrogen-bond donors (Lipinski definition) is 1. The molecule has 0 rings (SSSR count). The second-order valence-electron chi connectivity index (χ2n) is 0.729. The molecule has 0 aromatic rings. The normalized spacial score (nSPS) is 12.2. The van der Waals surface area contributed by atoms with Crippen LogP contribution in [0.25, 0.3) is 0 Å². The largest absolute Gasteiger partial charge is 0.317 e. The summed E-state index contributed by atoms with van der Waals surface area (Å²) >= 11 is 0. The molecule has 0 atom stereocenters. The van der Waals surface area contributed by atoms with Crippen LogP contribution in [0.3, 0.4) is 0 Å². The van der Waals surface area contributed by atoms with Crippen molar-refractivity contribution >= 4 is 0 Å². The summed E-state index contributed by atoms with van der Waals surface area (Å²) in [5.74, 6) is 0. The molecule has 0 aromatic carbocycles. The SMILES string of the molecule is [2H]N(C)CCF. The molecule has 0 saturated carbocycles. The third kappa shape index (κ3) is 3.89. The molecule has 0 aliphatic rings. The molecule has 0 aromatic heterocycles. The molecule has 0 fully saturated rings. The first-order chi connectivity index (χ1) is 2.77. The van der Waals surface area contributed by atoms with Crippen LogP contribution < -0.4 is 5.31 Å². The van der Waals surface area contributed by atoms with Crippen molar-refractivity contribution in [2.45, 2.75) is 0 Å². The number of halogens is 1. The summed E-state index contributed by atoms with van der Waals surface area (Å²) in [7, 11) is 1.51. The van der Waals surface area contributed by atoms with Crippen molar-refractivity contribution < 1.29 is 5.80 Å². The summed E-state index contributed by atoms with van der Waals surface area (Å²) in [6.07, 6.45) is 0. The van der Waals surface area contributed by atoms with Crippen LogP contribution >= 0.6 is 0 Å². The number of rotatable bonds is 2. The van der Waals surface area contributed by atoms with Crippen LogP contribution in [0.2, 0.25) is 1.41 Å². The van der Waals surface area contributed by atoms with Crippen molar-refractivity contribution in [1.82, 2.24) is 5.31 Å². The molecule has 0 aliphatic heterocycles. The lowest BCUT2D eigenvalue weighted by Gasteiger charge is -1.82. The predicted molar refractivity (Wildman–Crippen MR) is 19.9 cm³/mol. The van der Waals surface area contributed by atoms with Crippen molar-refractivity contribution in [3.05, 3.63) is 0 Å². The molecule has 0 heterocycles. The zero-order valence-corrected chi connectivity index (χ0v) is 3.24. The van der Waals surface area contributed by atoms with Gasteiger partial charge in [-0.2, -0.15) is 0 Å². The van der Waals surface area contributed by atoms with Gasteiger partial charge >= 0.3 is 0 Å². The molecule has 0 aliphatic carbocycles. The molecule has 0 bridgehead atoms. The molecule has 0 spiro atoms. The highest BCUT2D eigenvalue weighted by Gasteiger charge is 1.68. The summed E-state index contributed by atoms with van der Waals surface area (Å²) in [6.45, 7) is -0.222. The smallest absolute Gasteiger partial charge is 0.122 e. The van der Waals surface area contributed by atoms with E-state index in [1.807, 2.05) is 0 Å². The molecule has 2 heteroatoms. The van der Waals surface area contributed by atoms with E-state index in [4.69, 9.17) is 1.41 Å². The Kier molecular flexibility index (Phi) is 2.41. The molecule has 0 radical (unpaired) electrons. The van der Waals surface area contributed by atoms with Crippen LogP contribution in [0.15, 0.2) is 0 Å². The maximum absolute atomic E-state index is 11.1. The maximum Gasteiger partial charge on any atom is 0.122 e. The standard InChI is InChI=1S/C3H8FN/c1-5-3-2-4/h5H,2-3H2,1H3/i/hD. The summed E-state index contributed by atoms with van der Waals surface area (Å²) in [5, 5.41) is 1.06. The molecule has 32 valence electrons. The van der Waals surface area contributed by atoms with Crippen LogP contribution in [0.4, 0.5) is 4.39 Å². The van der Waals surface area contributed by atoms with E-state index in [9.17, 15) is 4.39 Å². The first-order valence-electron chi connectivity index (χ1n) is 1.98. The van der Waals surface area contributed by atoms with Gasteiger partial charge in [0.05, 0.1) is 0 Å². The highest BCUT2D eigenvalue weighted by atomic mass is 19.1. The fourth-order valence-electron chi connectivity index (χ4n) is 0.0845. The van der Waals surface area contributed by atoms with Gasteiger partial charge in [-0.3, -0.25) is 0 Å². The second kappa shape index (κ2) is 3.89. The van der Waals surface area contributed by atoms with Gasteiger partial charge in [-0.25, -0.2) is 4.39 Å². The minimum Gasteiger partial charge on any atom is -0.317 e. The van der Waals surface area contributed by atoms with E-state index in [1.54, 1.807) is 0 Å². The first-order valence-corrected chi connectivity index (χ1v) is 1.53. The third-order valence-electron chi connectivity index (χ3n) is 0.308. The lowest BCUT2D eigenvalue weighted by atomic mass is 10.7. The Morgan fingerprint density at radius 3 is 2.80 bits per heavy atom. The summed E-state index contributed by atoms with van der Waals surface area (Å²) in [4.78, 5) is 0. The lowest BCUT2D eigenvalue weighted by Crippen LogP contribution is -2.08. The van der Waals surface area contributed by atoms with E-state index < -0.39 is 6.67 Å². The monoisotopic (exact) mass is 78.1 g/mol. The van der Waals surface area contributed by atoms with E-state index in [0.717, 1.165) is 5.31 Å². The van der Waals surface area contributed by atoms with Crippen LogP contribution in [0, 0.1) is 0 Å². The minimum absolute atomic E-state index is 0.208. The van der Waals surface area contributed by atoms with Crippen molar-refractivity contribution in [3.63, 3.8) is 0 Å². The second-order valence-corrected chi connectivity index (χ2v) is 0.729. The van der Waals surface area contributed by atoms with Crippen LogP contribution in [-0.4, -0.2) is 20.3 Å². The van der Waals surface area contributed by atoms with Gasteiger partial charge in [0, 0.05) is 6.54 Å². The molecule has 0 unspecified atom stereocenters. The Bertz CT molecular complexity index is 32.0. The number of hydrogen-bond acceptors (Lipinski definition) is 1. The number of nitrogens with one attached hydrogen (secondary N) is 1. The van der Waals surface area contributed by atoms with Gasteiger partial charge in [-0.15, -0.1) is 0 Å². The van der Waals surface area contributed by atoms with Crippen LogP contribution in [0.5, 0.6) is 0 Å². The van der Waals surface area contributed by atoms with Gasteiger partial charge in [0.15, 0.2) is 0 Å². The highest BCUT2D eigenvalue weighted by molar-refractivity contribution is 4.28. The summed E-state index contributed by atoms with van der Waals surface area (Å²) in [5.41, 5.74) is 0. The average Bonchev–Trinajstić information content (AvgIpc) is 1.35. The van der Waals surface area contributed by atoms with Gasteiger partial charge in [0.1, 0.15) is 8.09 Å². The number of alkyl halides is 1. The lowest BCUT2D eigenvalue weighted by molar-refractivity contribution is 0.481. The minimum atomic E-state index is -0.431. The van der Waals surface area contributed by atoms with Crippen molar-refractivity contribution in [2.75, 3.05) is 20.3 Å². The fraction of sp³-hybridized carbons (Fsp3) is 1.00. The summed E-state index contributed by atoms with van der Waals surface area (Å²) in [6, 6.07) is 0. The molecule has 5 heavy (non-hydrogen) atoms. The predicted octanol–water partition coefficient (Wildman–Crippen LogP) is 0.175. The van der Waals surface area contributed by atoms with E-state index in [2.05, 4.69) is 0 Å². The molecular formula is C3H8FN. The van der Waals surface area contributed by atoms with E-state index in [-0.39, 0.29) is 6.54 Å². The van der Waals surface area contributed by atoms with Crippen molar-refractivity contribution in [3.8, 4) is 0 Å². The van der Waals surface area contributed by atoms with Crippen molar-refractivity contribution in [1.29, 1.82) is 0 Å². The van der Waals surface area contributed by atoms with Gasteiger partial charge in [0.25, 0.3) is 0 Å². The molecule has 1 N–H and O–H groups in total. The first kappa shape index (κ1) is 3.09. The summed E-state index contributed by atoms with van der Waals surface area (Å²) < 4.78 is 17.7. The van der Waals surface area contributed by atoms with Crippen molar-refractivity contribution in [2.24, 2.45) is 0 Å². The average molecular weight is 78.1 g/mol. The quantitative estimate of drug-likeness (QED) is 0.496. The van der Waals surface area contributed by atoms with Gasteiger partial charge in [-0.05, 0) is 7.05 Å². The Morgan fingerprint density at radius 2 is 2.80 bits per heavy atom. The van der Waals surface area contributed by atoms with E-state index in [1.165, 1.54) is 7.05 Å². The van der Waals surface area contributed by atoms with E-state index >= 15 is 0 Å². The maximum atomic E-state index is 11.1. The zero-order chi connectivity index (χ0) is 4.99. The molecule has 1 nitrogen and oxygen atoms in total. The van der Waals surface area contributed by atoms with Gasteiger partial charge in [-0.1, -0.05) is 0 Å². The molecule has 0 saturated heterocycles. The Hall–Kier alpha value is -0.110. The van der Waals surface area contributed by atoms with Gasteiger partial charge in [0.2, 0.25) is 0 Å². The Morgan fingerprint density at radius 1 is 2.20 bits per heavy atom. The van der Waals surface area contributed by atoms with Crippen LogP contribution in [-0.2, 0) is 0 Å². The molecule has 0 amide bonds. The fourth-order valence-corrected chi connectivity index (χ4v) is 0.0845.